The van der Waals surface area contributed by atoms with Crippen LogP contribution >= 0.6 is 0 Å². The Bertz CT molecular complexity index is 765. The predicted octanol–water partition coefficient (Wildman–Crippen LogP) is 1.18. The average molecular weight is 381 g/mol. The van der Waals surface area contributed by atoms with Crippen molar-refractivity contribution in [2.75, 3.05) is 13.6 Å². The lowest BCUT2D eigenvalue weighted by molar-refractivity contribution is -0.138. The molecular weight excluding hydrogens is 354 g/mol. The molecule has 148 valence electrons. The minimum Gasteiger partial charge on any atom is -0.370 e. The van der Waals surface area contributed by atoms with Crippen LogP contribution in [0.4, 0.5) is 0 Å². The van der Waals surface area contributed by atoms with Crippen molar-refractivity contribution in [1.29, 1.82) is 0 Å². The summed E-state index contributed by atoms with van der Waals surface area (Å²) in [5.74, 6) is -1.27. The van der Waals surface area contributed by atoms with Crippen molar-refractivity contribution in [1.82, 2.24) is 4.90 Å². The number of aliphatic imine (C=N–C) groups is 1. The number of primary amides is 1. The number of carbonyl (C=O) groups excluding carboxylic acids is 2. The highest BCUT2D eigenvalue weighted by Gasteiger charge is 2.31. The standard InChI is InChI=1S/C21H27N5O2/c1-26(17(19(22)27)13-8-14-25-21(23)24)20(28)18(15-9-4-2-5-10-15)16-11-6-3-7-12-16/h2-7,9-12,17-18H,8,13-14H2,1H3,(H2,22,27)(H4,23,24,25). The van der Waals surface area contributed by atoms with E-state index in [0.29, 0.717) is 19.4 Å². The van der Waals surface area contributed by atoms with Crippen LogP contribution in [0.5, 0.6) is 0 Å². The fourth-order valence-electron chi connectivity index (χ4n) is 3.15. The fourth-order valence-corrected chi connectivity index (χ4v) is 3.15. The summed E-state index contributed by atoms with van der Waals surface area (Å²) < 4.78 is 0. The van der Waals surface area contributed by atoms with Gasteiger partial charge in [0, 0.05) is 13.6 Å². The van der Waals surface area contributed by atoms with Gasteiger partial charge in [0.25, 0.3) is 0 Å². The van der Waals surface area contributed by atoms with Gasteiger partial charge in [0.15, 0.2) is 5.96 Å². The summed E-state index contributed by atoms with van der Waals surface area (Å²) >= 11 is 0. The number of nitrogens with two attached hydrogens (primary N) is 3. The van der Waals surface area contributed by atoms with E-state index in [4.69, 9.17) is 17.2 Å². The number of hydrogen-bond acceptors (Lipinski definition) is 3. The Morgan fingerprint density at radius 1 is 0.929 bits per heavy atom. The highest BCUT2D eigenvalue weighted by Crippen LogP contribution is 2.27. The molecular formula is C21H27N5O2. The van der Waals surface area contributed by atoms with E-state index in [-0.39, 0.29) is 11.9 Å². The molecule has 0 heterocycles. The molecule has 2 aromatic carbocycles. The van der Waals surface area contributed by atoms with Gasteiger partial charge in [-0.2, -0.15) is 0 Å². The molecule has 1 atom stereocenters. The van der Waals surface area contributed by atoms with Crippen molar-refractivity contribution < 1.29 is 9.59 Å². The molecule has 28 heavy (non-hydrogen) atoms. The van der Waals surface area contributed by atoms with Crippen molar-refractivity contribution in [2.24, 2.45) is 22.2 Å². The Morgan fingerprint density at radius 2 is 1.43 bits per heavy atom. The number of amides is 2. The highest BCUT2D eigenvalue weighted by molar-refractivity contribution is 5.91. The molecule has 0 aliphatic carbocycles. The summed E-state index contributed by atoms with van der Waals surface area (Å²) in [6.07, 6.45) is 0.912. The zero-order chi connectivity index (χ0) is 20.5. The van der Waals surface area contributed by atoms with E-state index < -0.39 is 17.9 Å². The maximum atomic E-state index is 13.4. The number of hydrogen-bond donors (Lipinski definition) is 3. The van der Waals surface area contributed by atoms with Gasteiger partial charge in [0.1, 0.15) is 6.04 Å². The zero-order valence-electron chi connectivity index (χ0n) is 16.0. The van der Waals surface area contributed by atoms with Crippen LogP contribution in [0.2, 0.25) is 0 Å². The monoisotopic (exact) mass is 381 g/mol. The van der Waals surface area contributed by atoms with Gasteiger partial charge in [0.2, 0.25) is 11.8 Å². The normalized spacial score (nSPS) is 11.6. The molecule has 0 bridgehead atoms. The van der Waals surface area contributed by atoms with Crippen molar-refractivity contribution in [3.05, 3.63) is 71.8 Å². The smallest absolute Gasteiger partial charge is 0.240 e. The third-order valence-corrected chi connectivity index (χ3v) is 4.59. The number of nitrogens with zero attached hydrogens (tertiary/aromatic N) is 2. The van der Waals surface area contributed by atoms with Crippen LogP contribution in [-0.2, 0) is 9.59 Å². The van der Waals surface area contributed by atoms with Gasteiger partial charge < -0.3 is 22.1 Å². The third kappa shape index (κ3) is 5.57. The van der Waals surface area contributed by atoms with E-state index in [0.717, 1.165) is 11.1 Å². The summed E-state index contributed by atoms with van der Waals surface area (Å²) in [6.45, 7) is 0.370. The minimum absolute atomic E-state index is 0.00623. The lowest BCUT2D eigenvalue weighted by Gasteiger charge is -2.30. The van der Waals surface area contributed by atoms with Gasteiger partial charge in [-0.3, -0.25) is 14.6 Å². The molecule has 2 aromatic rings. The molecule has 0 saturated carbocycles. The van der Waals surface area contributed by atoms with Crippen LogP contribution in [0.1, 0.15) is 29.9 Å². The number of rotatable bonds is 9. The maximum absolute atomic E-state index is 13.4. The van der Waals surface area contributed by atoms with Gasteiger partial charge >= 0.3 is 0 Å². The van der Waals surface area contributed by atoms with E-state index >= 15 is 0 Å². The minimum atomic E-state index is -0.739. The van der Waals surface area contributed by atoms with E-state index in [9.17, 15) is 9.59 Å². The lowest BCUT2D eigenvalue weighted by atomic mass is 9.89. The summed E-state index contributed by atoms with van der Waals surface area (Å²) in [5, 5.41) is 0. The van der Waals surface area contributed by atoms with E-state index in [2.05, 4.69) is 4.99 Å². The maximum Gasteiger partial charge on any atom is 0.240 e. The Balaban J connectivity index is 2.26. The van der Waals surface area contributed by atoms with Gasteiger partial charge in [0.05, 0.1) is 5.92 Å². The topological polar surface area (TPSA) is 128 Å². The molecule has 0 spiro atoms. The molecule has 0 aliphatic heterocycles. The Labute approximate surface area is 165 Å². The number of benzene rings is 2. The Morgan fingerprint density at radius 3 is 1.86 bits per heavy atom. The van der Waals surface area contributed by atoms with Crippen molar-refractivity contribution in [3.8, 4) is 0 Å². The molecule has 2 amide bonds. The van der Waals surface area contributed by atoms with E-state index in [1.807, 2.05) is 60.7 Å². The second-order valence-corrected chi connectivity index (χ2v) is 6.57. The number of likely N-dealkylation sites (N-methyl/N-ethyl adjacent to an activating group) is 1. The summed E-state index contributed by atoms with van der Waals surface area (Å²) in [7, 11) is 1.61. The fraction of sp³-hybridized carbons (Fsp3) is 0.286. The predicted molar refractivity (Wildman–Crippen MR) is 110 cm³/mol. The van der Waals surface area contributed by atoms with Gasteiger partial charge in [-0.1, -0.05) is 60.7 Å². The molecule has 7 heteroatoms. The SMILES string of the molecule is CN(C(=O)C(c1ccccc1)c1ccccc1)C(CCCN=C(N)N)C(N)=O. The molecule has 6 N–H and O–H groups in total. The molecule has 0 radical (unpaired) electrons. The van der Waals surface area contributed by atoms with E-state index in [1.165, 1.54) is 4.90 Å². The summed E-state index contributed by atoms with van der Waals surface area (Å²) in [6, 6.07) is 18.2. The number of guanidine groups is 1. The first kappa shape index (κ1) is 21.0. The third-order valence-electron chi connectivity index (χ3n) is 4.59. The van der Waals surface area contributed by atoms with Crippen LogP contribution in [0.3, 0.4) is 0 Å². The first-order chi connectivity index (χ1) is 13.4. The van der Waals surface area contributed by atoms with Crippen molar-refractivity contribution >= 4 is 17.8 Å². The van der Waals surface area contributed by atoms with Crippen LogP contribution in [0.25, 0.3) is 0 Å². The number of carbonyl (C=O) groups is 2. The van der Waals surface area contributed by atoms with Crippen molar-refractivity contribution in [2.45, 2.75) is 24.8 Å². The Kier molecular flexibility index (Phi) is 7.56. The van der Waals surface area contributed by atoms with Gasteiger partial charge in [-0.25, -0.2) is 0 Å². The molecule has 0 saturated heterocycles. The van der Waals surface area contributed by atoms with Crippen LogP contribution in [0.15, 0.2) is 65.7 Å². The van der Waals surface area contributed by atoms with Gasteiger partial charge in [-0.05, 0) is 24.0 Å². The lowest BCUT2D eigenvalue weighted by Crippen LogP contribution is -2.47. The van der Waals surface area contributed by atoms with Crippen LogP contribution < -0.4 is 17.2 Å². The molecule has 2 rings (SSSR count). The summed E-state index contributed by atoms with van der Waals surface area (Å²) in [4.78, 5) is 30.7. The molecule has 0 aliphatic rings. The second-order valence-electron chi connectivity index (χ2n) is 6.57. The highest BCUT2D eigenvalue weighted by atomic mass is 16.2. The molecule has 7 nitrogen and oxygen atoms in total. The first-order valence-electron chi connectivity index (χ1n) is 9.13. The average Bonchev–Trinajstić information content (AvgIpc) is 2.69. The molecule has 0 aromatic heterocycles. The first-order valence-corrected chi connectivity index (χ1v) is 9.13. The zero-order valence-corrected chi connectivity index (χ0v) is 16.0. The van der Waals surface area contributed by atoms with Crippen LogP contribution in [-0.4, -0.2) is 42.3 Å². The second kappa shape index (κ2) is 10.1. The van der Waals surface area contributed by atoms with E-state index in [1.54, 1.807) is 7.05 Å². The quantitative estimate of drug-likeness (QED) is 0.342. The van der Waals surface area contributed by atoms with Crippen molar-refractivity contribution in [3.63, 3.8) is 0 Å². The largest absolute Gasteiger partial charge is 0.370 e. The summed E-state index contributed by atoms with van der Waals surface area (Å²) in [5.41, 5.74) is 17.9. The van der Waals surface area contributed by atoms with Crippen LogP contribution in [0, 0.1) is 0 Å². The molecule has 0 fully saturated rings. The Hall–Kier alpha value is -3.35. The molecule has 1 unspecified atom stereocenters. The van der Waals surface area contributed by atoms with Gasteiger partial charge in [-0.15, -0.1) is 0 Å².